The summed E-state index contributed by atoms with van der Waals surface area (Å²) in [6, 6.07) is 3.51. The predicted molar refractivity (Wildman–Crippen MR) is 70.2 cm³/mol. The van der Waals surface area contributed by atoms with Gasteiger partial charge in [0, 0.05) is 25.5 Å². The molecule has 0 radical (unpaired) electrons. The fraction of sp³-hybridized carbons (Fsp3) is 0.538. The van der Waals surface area contributed by atoms with Gasteiger partial charge in [-0.25, -0.2) is 0 Å². The van der Waals surface area contributed by atoms with E-state index in [9.17, 15) is 18.0 Å². The first-order chi connectivity index (χ1) is 9.92. The molecular weight excluding hydrogens is 287 g/mol. The molecule has 0 spiro atoms. The van der Waals surface area contributed by atoms with E-state index in [4.69, 9.17) is 5.73 Å². The summed E-state index contributed by atoms with van der Waals surface area (Å²) in [7, 11) is 0. The van der Waals surface area contributed by atoms with Crippen LogP contribution >= 0.6 is 0 Å². The summed E-state index contributed by atoms with van der Waals surface area (Å²) in [4.78, 5) is 17.3. The molecule has 5 nitrogen and oxygen atoms in total. The second-order valence-corrected chi connectivity index (χ2v) is 4.43. The number of hydrogen-bond donors (Lipinski definition) is 1. The third-order valence-electron chi connectivity index (χ3n) is 2.57. The van der Waals surface area contributed by atoms with Crippen molar-refractivity contribution in [3.8, 4) is 0 Å². The molecule has 0 atom stereocenters. The number of amides is 1. The van der Waals surface area contributed by atoms with Crippen molar-refractivity contribution in [3.05, 3.63) is 30.1 Å². The zero-order chi connectivity index (χ0) is 15.7. The highest BCUT2D eigenvalue weighted by atomic mass is 19.4. The quantitative estimate of drug-likeness (QED) is 0.787. The van der Waals surface area contributed by atoms with Gasteiger partial charge in [0.05, 0.1) is 0 Å². The van der Waals surface area contributed by atoms with Crippen molar-refractivity contribution in [1.82, 2.24) is 9.88 Å². The number of carbonyl (C=O) groups excluding carboxylic acids is 1. The van der Waals surface area contributed by atoms with Gasteiger partial charge in [0.1, 0.15) is 13.2 Å². The van der Waals surface area contributed by atoms with Gasteiger partial charge in [0.25, 0.3) is 0 Å². The highest BCUT2D eigenvalue weighted by Gasteiger charge is 2.28. The number of hydrogen-bond acceptors (Lipinski definition) is 4. The summed E-state index contributed by atoms with van der Waals surface area (Å²) in [5.41, 5.74) is 6.19. The number of rotatable bonds is 8. The first-order valence-electron chi connectivity index (χ1n) is 6.43. The van der Waals surface area contributed by atoms with Crippen LogP contribution in [0.2, 0.25) is 0 Å². The average molecular weight is 305 g/mol. The van der Waals surface area contributed by atoms with Crippen LogP contribution in [0.4, 0.5) is 13.2 Å². The van der Waals surface area contributed by atoms with Crippen molar-refractivity contribution in [2.45, 2.75) is 19.1 Å². The third kappa shape index (κ3) is 7.62. The van der Waals surface area contributed by atoms with E-state index in [1.807, 2.05) is 0 Å². The van der Waals surface area contributed by atoms with Gasteiger partial charge in [-0.2, -0.15) is 13.2 Å². The molecule has 2 N–H and O–H groups in total. The molecule has 1 heterocycles. The van der Waals surface area contributed by atoms with E-state index in [1.54, 1.807) is 24.5 Å². The largest absolute Gasteiger partial charge is 0.411 e. The molecule has 0 aromatic carbocycles. The fourth-order valence-corrected chi connectivity index (χ4v) is 1.63. The second-order valence-electron chi connectivity index (χ2n) is 4.43. The van der Waals surface area contributed by atoms with Gasteiger partial charge in [0.15, 0.2) is 0 Å². The van der Waals surface area contributed by atoms with Crippen molar-refractivity contribution >= 4 is 5.91 Å². The molecule has 1 rings (SSSR count). The summed E-state index contributed by atoms with van der Waals surface area (Å²) in [5, 5.41) is 0. The van der Waals surface area contributed by atoms with Gasteiger partial charge >= 0.3 is 6.18 Å². The van der Waals surface area contributed by atoms with Gasteiger partial charge in [-0.05, 0) is 24.6 Å². The van der Waals surface area contributed by atoms with E-state index in [2.05, 4.69) is 9.72 Å². The van der Waals surface area contributed by atoms with Crippen LogP contribution in [-0.4, -0.2) is 48.3 Å². The molecule has 1 aromatic heterocycles. The second kappa shape index (κ2) is 8.58. The topological polar surface area (TPSA) is 68.5 Å². The molecule has 0 fully saturated rings. The van der Waals surface area contributed by atoms with E-state index in [1.165, 1.54) is 4.90 Å². The molecule has 0 bridgehead atoms. The zero-order valence-electron chi connectivity index (χ0n) is 11.5. The summed E-state index contributed by atoms with van der Waals surface area (Å²) < 4.78 is 40.3. The van der Waals surface area contributed by atoms with Crippen molar-refractivity contribution in [2.75, 3.05) is 26.3 Å². The number of aromatic nitrogens is 1. The highest BCUT2D eigenvalue weighted by molar-refractivity contribution is 5.77. The molecule has 21 heavy (non-hydrogen) atoms. The lowest BCUT2D eigenvalue weighted by atomic mass is 10.2. The van der Waals surface area contributed by atoms with Crippen LogP contribution in [0.25, 0.3) is 0 Å². The number of nitrogens with two attached hydrogens (primary N) is 1. The lowest BCUT2D eigenvalue weighted by Gasteiger charge is -2.22. The summed E-state index contributed by atoms with van der Waals surface area (Å²) in [5.74, 6) is -0.503. The maximum absolute atomic E-state index is 12.0. The Morgan fingerprint density at radius 2 is 2.19 bits per heavy atom. The Morgan fingerprint density at radius 3 is 2.76 bits per heavy atom. The van der Waals surface area contributed by atoms with E-state index in [-0.39, 0.29) is 6.54 Å². The highest BCUT2D eigenvalue weighted by Crippen LogP contribution is 2.14. The lowest BCUT2D eigenvalue weighted by Crippen LogP contribution is -2.36. The van der Waals surface area contributed by atoms with Crippen molar-refractivity contribution in [3.63, 3.8) is 0 Å². The Kier molecular flexibility index (Phi) is 7.10. The Labute approximate surface area is 120 Å². The number of ether oxygens (including phenoxy) is 1. The lowest BCUT2D eigenvalue weighted by molar-refractivity contribution is -0.178. The maximum atomic E-state index is 12.0. The molecule has 0 aliphatic rings. The monoisotopic (exact) mass is 305 g/mol. The minimum absolute atomic E-state index is 0.266. The number of halogens is 3. The minimum Gasteiger partial charge on any atom is -0.362 e. The average Bonchev–Trinajstić information content (AvgIpc) is 2.43. The van der Waals surface area contributed by atoms with E-state index >= 15 is 0 Å². The van der Waals surface area contributed by atoms with E-state index in [0.717, 1.165) is 5.56 Å². The molecule has 8 heteroatoms. The number of alkyl halides is 3. The molecule has 118 valence electrons. The molecule has 0 saturated heterocycles. The molecule has 0 saturated carbocycles. The molecule has 0 aliphatic heterocycles. The summed E-state index contributed by atoms with van der Waals surface area (Å²) in [6.07, 6.45) is -0.682. The Hall–Kier alpha value is -1.67. The zero-order valence-corrected chi connectivity index (χ0v) is 11.5. The van der Waals surface area contributed by atoms with Gasteiger partial charge < -0.3 is 15.4 Å². The molecular formula is C13H18F3N3O2. The van der Waals surface area contributed by atoms with Crippen LogP contribution in [-0.2, 0) is 16.1 Å². The van der Waals surface area contributed by atoms with Gasteiger partial charge in [-0.15, -0.1) is 0 Å². The van der Waals surface area contributed by atoms with Crippen molar-refractivity contribution < 1.29 is 22.7 Å². The summed E-state index contributed by atoms with van der Waals surface area (Å²) in [6.45, 7) is -1.03. The molecule has 1 aromatic rings. The summed E-state index contributed by atoms with van der Waals surface area (Å²) >= 11 is 0. The normalized spacial score (nSPS) is 11.4. The fourth-order valence-electron chi connectivity index (χ4n) is 1.63. The van der Waals surface area contributed by atoms with Crippen LogP contribution in [0.3, 0.4) is 0 Å². The van der Waals surface area contributed by atoms with Gasteiger partial charge in [-0.3, -0.25) is 9.78 Å². The van der Waals surface area contributed by atoms with Gasteiger partial charge in [-0.1, -0.05) is 6.07 Å². The Morgan fingerprint density at radius 1 is 1.43 bits per heavy atom. The number of carbonyl (C=O) groups is 1. The van der Waals surface area contributed by atoms with Crippen LogP contribution in [0, 0.1) is 0 Å². The van der Waals surface area contributed by atoms with Crippen molar-refractivity contribution in [2.24, 2.45) is 5.73 Å². The number of pyridine rings is 1. The number of nitrogens with zero attached hydrogens (tertiary/aromatic N) is 2. The standard InChI is InChI=1S/C13H18F3N3O2/c14-13(15,16)10-21-9-12(20)19(6-2-4-17)8-11-3-1-5-18-7-11/h1,3,5,7H,2,4,6,8-10,17H2. The molecule has 1 amide bonds. The van der Waals surface area contributed by atoms with Gasteiger partial charge in [0.2, 0.25) is 5.91 Å². The van der Waals surface area contributed by atoms with Crippen LogP contribution in [0.5, 0.6) is 0 Å². The third-order valence-corrected chi connectivity index (χ3v) is 2.57. The van der Waals surface area contributed by atoms with Crippen LogP contribution in [0.15, 0.2) is 24.5 Å². The van der Waals surface area contributed by atoms with Crippen molar-refractivity contribution in [1.29, 1.82) is 0 Å². The Balaban J connectivity index is 2.53. The van der Waals surface area contributed by atoms with Crippen LogP contribution < -0.4 is 5.73 Å². The predicted octanol–water partition coefficient (Wildman–Crippen LogP) is 1.34. The molecule has 0 unspecified atom stereocenters. The van der Waals surface area contributed by atoms with E-state index in [0.29, 0.717) is 19.5 Å². The Bertz CT molecular complexity index is 426. The smallest absolute Gasteiger partial charge is 0.362 e. The maximum Gasteiger partial charge on any atom is 0.411 e. The first kappa shape index (κ1) is 17.4. The van der Waals surface area contributed by atoms with E-state index < -0.39 is 25.3 Å². The molecule has 0 aliphatic carbocycles. The SMILES string of the molecule is NCCCN(Cc1cccnc1)C(=O)COCC(F)(F)F. The minimum atomic E-state index is -4.44. The first-order valence-corrected chi connectivity index (χ1v) is 6.43. The van der Waals surface area contributed by atoms with Crippen LogP contribution in [0.1, 0.15) is 12.0 Å².